The highest BCUT2D eigenvalue weighted by atomic mass is 32.3. The maximum atomic E-state index is 11.3. The van der Waals surface area contributed by atoms with E-state index >= 15 is 0 Å². The molecule has 0 bridgehead atoms. The van der Waals surface area contributed by atoms with Gasteiger partial charge in [0.25, 0.3) is 0 Å². The molecule has 0 aromatic carbocycles. The molecule has 0 saturated carbocycles. The predicted octanol–water partition coefficient (Wildman–Crippen LogP) is 2.71. The highest BCUT2D eigenvalue weighted by Crippen LogP contribution is 2.39. The zero-order valence-electron chi connectivity index (χ0n) is 9.92. The summed E-state index contributed by atoms with van der Waals surface area (Å²) in [6, 6.07) is 8.30. The van der Waals surface area contributed by atoms with Crippen LogP contribution in [0.1, 0.15) is 0 Å². The average molecular weight is 308 g/mol. The standard InChI is InChI=1S/C12H8N2O4S2/c15-20(16,17)11-7-8(9-3-1-2-5-13-9)12(19-11)10-4-6-18-14-10/h1-7H,(H,15,16,17). The van der Waals surface area contributed by atoms with Gasteiger partial charge in [0.2, 0.25) is 0 Å². The first-order valence-electron chi connectivity index (χ1n) is 5.49. The van der Waals surface area contributed by atoms with Gasteiger partial charge < -0.3 is 4.52 Å². The van der Waals surface area contributed by atoms with Gasteiger partial charge in [-0.25, -0.2) is 0 Å². The van der Waals surface area contributed by atoms with Crippen molar-refractivity contribution < 1.29 is 17.5 Å². The Labute approximate surface area is 118 Å². The quantitative estimate of drug-likeness (QED) is 0.748. The van der Waals surface area contributed by atoms with Gasteiger partial charge in [0.1, 0.15) is 16.2 Å². The lowest BCUT2D eigenvalue weighted by atomic mass is 10.1. The molecule has 1 N–H and O–H groups in total. The zero-order valence-corrected chi connectivity index (χ0v) is 11.6. The second kappa shape index (κ2) is 4.82. The average Bonchev–Trinajstić information content (AvgIpc) is 3.08. The summed E-state index contributed by atoms with van der Waals surface area (Å²) in [6.45, 7) is 0. The first-order valence-corrected chi connectivity index (χ1v) is 7.75. The molecule has 0 atom stereocenters. The van der Waals surface area contributed by atoms with Crippen LogP contribution in [0.25, 0.3) is 21.8 Å². The summed E-state index contributed by atoms with van der Waals surface area (Å²) in [5.41, 5.74) is 1.67. The number of hydrogen-bond acceptors (Lipinski definition) is 6. The summed E-state index contributed by atoms with van der Waals surface area (Å²) >= 11 is 0.919. The van der Waals surface area contributed by atoms with Crippen molar-refractivity contribution in [2.75, 3.05) is 0 Å². The largest absolute Gasteiger partial charge is 0.364 e. The third-order valence-corrected chi connectivity index (χ3v) is 5.04. The minimum Gasteiger partial charge on any atom is -0.364 e. The zero-order chi connectivity index (χ0) is 14.2. The fourth-order valence-electron chi connectivity index (χ4n) is 1.73. The van der Waals surface area contributed by atoms with Crippen LogP contribution in [-0.2, 0) is 10.1 Å². The van der Waals surface area contributed by atoms with Crippen molar-refractivity contribution in [3.05, 3.63) is 42.8 Å². The van der Waals surface area contributed by atoms with Crippen LogP contribution in [0.2, 0.25) is 0 Å². The molecule has 3 aromatic heterocycles. The Morgan fingerprint density at radius 3 is 2.65 bits per heavy atom. The Hall–Kier alpha value is -2.03. The molecule has 0 fully saturated rings. The summed E-state index contributed by atoms with van der Waals surface area (Å²) < 4.78 is 36.4. The van der Waals surface area contributed by atoms with Crippen molar-refractivity contribution in [2.45, 2.75) is 4.21 Å². The van der Waals surface area contributed by atoms with Gasteiger partial charge in [0, 0.05) is 17.8 Å². The van der Waals surface area contributed by atoms with E-state index < -0.39 is 10.1 Å². The molecule has 0 unspecified atom stereocenters. The van der Waals surface area contributed by atoms with Gasteiger partial charge in [-0.15, -0.1) is 11.3 Å². The van der Waals surface area contributed by atoms with Crippen LogP contribution in [0.15, 0.2) is 51.5 Å². The van der Waals surface area contributed by atoms with E-state index in [0.717, 1.165) is 11.3 Å². The Morgan fingerprint density at radius 2 is 2.05 bits per heavy atom. The third kappa shape index (κ3) is 2.36. The fraction of sp³-hybridized carbons (Fsp3) is 0. The van der Waals surface area contributed by atoms with Crippen LogP contribution >= 0.6 is 11.3 Å². The van der Waals surface area contributed by atoms with Crippen molar-refractivity contribution in [2.24, 2.45) is 0 Å². The van der Waals surface area contributed by atoms with E-state index in [-0.39, 0.29) is 4.21 Å². The smallest absolute Gasteiger partial charge is 0.304 e. The molecule has 8 heteroatoms. The lowest BCUT2D eigenvalue weighted by Crippen LogP contribution is -1.93. The second-order valence-electron chi connectivity index (χ2n) is 3.88. The normalized spacial score (nSPS) is 11.7. The van der Waals surface area contributed by atoms with Gasteiger partial charge in [0.15, 0.2) is 0 Å². The van der Waals surface area contributed by atoms with E-state index in [0.29, 0.717) is 21.8 Å². The summed E-state index contributed by atoms with van der Waals surface area (Å²) in [7, 11) is -4.27. The Morgan fingerprint density at radius 1 is 1.20 bits per heavy atom. The molecule has 0 saturated heterocycles. The van der Waals surface area contributed by atoms with E-state index in [9.17, 15) is 13.0 Å². The topological polar surface area (TPSA) is 93.3 Å². The maximum absolute atomic E-state index is 11.3. The Kier molecular flexibility index (Phi) is 3.13. The maximum Gasteiger partial charge on any atom is 0.304 e. The second-order valence-corrected chi connectivity index (χ2v) is 6.58. The van der Waals surface area contributed by atoms with E-state index in [4.69, 9.17) is 4.52 Å². The van der Waals surface area contributed by atoms with Crippen molar-refractivity contribution in [1.82, 2.24) is 10.1 Å². The third-order valence-electron chi connectivity index (χ3n) is 2.58. The van der Waals surface area contributed by atoms with Crippen LogP contribution in [-0.4, -0.2) is 23.1 Å². The van der Waals surface area contributed by atoms with Crippen LogP contribution in [0.3, 0.4) is 0 Å². The van der Waals surface area contributed by atoms with Crippen molar-refractivity contribution in [3.63, 3.8) is 0 Å². The van der Waals surface area contributed by atoms with Gasteiger partial charge in [-0.3, -0.25) is 9.54 Å². The molecule has 0 spiro atoms. The first kappa shape index (κ1) is 13.0. The number of rotatable bonds is 3. The van der Waals surface area contributed by atoms with Crippen LogP contribution in [0.4, 0.5) is 0 Å². The summed E-state index contributed by atoms with van der Waals surface area (Å²) in [5, 5.41) is 3.80. The molecule has 6 nitrogen and oxygen atoms in total. The molecule has 20 heavy (non-hydrogen) atoms. The molecule has 102 valence electrons. The molecule has 3 heterocycles. The molecule has 0 aliphatic rings. The lowest BCUT2D eigenvalue weighted by molar-refractivity contribution is 0.422. The summed E-state index contributed by atoms with van der Waals surface area (Å²) in [5.74, 6) is 0. The Bertz CT molecular complexity index is 824. The number of nitrogens with zero attached hydrogens (tertiary/aromatic N) is 2. The highest BCUT2D eigenvalue weighted by Gasteiger charge is 2.21. The van der Waals surface area contributed by atoms with Gasteiger partial charge in [-0.1, -0.05) is 11.2 Å². The van der Waals surface area contributed by atoms with Crippen molar-refractivity contribution in [1.29, 1.82) is 0 Å². The first-order chi connectivity index (χ1) is 9.55. The summed E-state index contributed by atoms with van der Waals surface area (Å²) in [6.07, 6.45) is 3.00. The molecular formula is C12H8N2O4S2. The molecular weight excluding hydrogens is 300 g/mol. The van der Waals surface area contributed by atoms with Gasteiger partial charge in [-0.05, 0) is 18.2 Å². The van der Waals surface area contributed by atoms with Gasteiger partial charge >= 0.3 is 10.1 Å². The van der Waals surface area contributed by atoms with Crippen LogP contribution < -0.4 is 0 Å². The van der Waals surface area contributed by atoms with E-state index in [2.05, 4.69) is 10.1 Å². The minimum atomic E-state index is -4.27. The number of aromatic nitrogens is 2. The minimum absolute atomic E-state index is 0.156. The molecule has 3 aromatic rings. The molecule has 0 aliphatic carbocycles. The van der Waals surface area contributed by atoms with Crippen molar-refractivity contribution >= 4 is 21.5 Å². The Balaban J connectivity index is 2.25. The van der Waals surface area contributed by atoms with Crippen LogP contribution in [0.5, 0.6) is 0 Å². The van der Waals surface area contributed by atoms with Crippen molar-refractivity contribution in [3.8, 4) is 21.8 Å². The number of thiophene rings is 1. The lowest BCUT2D eigenvalue weighted by Gasteiger charge is -1.99. The molecule has 0 aliphatic heterocycles. The summed E-state index contributed by atoms with van der Waals surface area (Å²) in [4.78, 5) is 4.76. The monoisotopic (exact) mass is 308 g/mol. The molecule has 0 radical (unpaired) electrons. The van der Waals surface area contributed by atoms with E-state index in [1.165, 1.54) is 12.3 Å². The van der Waals surface area contributed by atoms with E-state index in [1.54, 1.807) is 30.5 Å². The number of pyridine rings is 1. The van der Waals surface area contributed by atoms with Gasteiger partial charge in [-0.2, -0.15) is 8.42 Å². The number of hydrogen-bond donors (Lipinski definition) is 1. The molecule has 3 rings (SSSR count). The fourth-order valence-corrected chi connectivity index (χ4v) is 3.53. The SMILES string of the molecule is O=S(=O)(O)c1cc(-c2ccccn2)c(-c2ccon2)s1. The molecule has 0 amide bonds. The van der Waals surface area contributed by atoms with Crippen LogP contribution in [0, 0.1) is 0 Å². The van der Waals surface area contributed by atoms with Gasteiger partial charge in [0.05, 0.1) is 10.6 Å². The highest BCUT2D eigenvalue weighted by molar-refractivity contribution is 7.88. The van der Waals surface area contributed by atoms with E-state index in [1.807, 2.05) is 0 Å². The predicted molar refractivity (Wildman–Crippen MR) is 72.9 cm³/mol.